The quantitative estimate of drug-likeness (QED) is 0.724. The monoisotopic (exact) mass is 399 g/mol. The van der Waals surface area contributed by atoms with Crippen molar-refractivity contribution < 1.29 is 22.3 Å². The summed E-state index contributed by atoms with van der Waals surface area (Å²) in [7, 11) is 1.41. The largest absolute Gasteiger partial charge is 0.494 e. The second kappa shape index (κ2) is 8.30. The lowest BCUT2D eigenvalue weighted by molar-refractivity contribution is -0.142. The van der Waals surface area contributed by atoms with Crippen molar-refractivity contribution in [3.05, 3.63) is 57.8 Å². The van der Waals surface area contributed by atoms with Crippen molar-refractivity contribution in [2.24, 2.45) is 5.92 Å². The van der Waals surface area contributed by atoms with Gasteiger partial charge in [0.25, 0.3) is 5.56 Å². The lowest BCUT2D eigenvalue weighted by atomic mass is 9.96. The average Bonchev–Trinajstić information content (AvgIpc) is 2.64. The van der Waals surface area contributed by atoms with Crippen LogP contribution < -0.4 is 10.3 Å². The Morgan fingerprint density at radius 1 is 1.18 bits per heavy atom. The van der Waals surface area contributed by atoms with E-state index in [-0.39, 0.29) is 18.2 Å². The van der Waals surface area contributed by atoms with Gasteiger partial charge in [-0.15, -0.1) is 0 Å². The number of hydrogen-bond acceptors (Lipinski definition) is 4. The van der Waals surface area contributed by atoms with Crippen molar-refractivity contribution in [1.29, 1.82) is 0 Å². The summed E-state index contributed by atoms with van der Waals surface area (Å²) in [5, 5.41) is 3.46. The molecule has 1 aliphatic rings. The van der Waals surface area contributed by atoms with Crippen molar-refractivity contribution >= 4 is 0 Å². The minimum atomic E-state index is -4.58. The van der Waals surface area contributed by atoms with Gasteiger partial charge in [0.05, 0.1) is 7.11 Å². The smallest absolute Gasteiger partial charge is 0.435 e. The summed E-state index contributed by atoms with van der Waals surface area (Å²) < 4.78 is 58.0. The normalized spacial score (nSPS) is 16.3. The summed E-state index contributed by atoms with van der Waals surface area (Å²) in [6.07, 6.45) is -3.13. The third-order valence-corrected chi connectivity index (χ3v) is 4.92. The molecule has 0 atom stereocenters. The first kappa shape index (κ1) is 20.3. The Morgan fingerprint density at radius 3 is 2.50 bits per heavy atom. The Labute approximate surface area is 159 Å². The fourth-order valence-electron chi connectivity index (χ4n) is 3.37. The number of halogens is 4. The number of benzene rings is 1. The first-order valence-electron chi connectivity index (χ1n) is 8.96. The number of aromatic nitrogens is 2. The van der Waals surface area contributed by atoms with Gasteiger partial charge >= 0.3 is 6.18 Å². The van der Waals surface area contributed by atoms with E-state index in [1.165, 1.54) is 13.2 Å². The van der Waals surface area contributed by atoms with E-state index in [4.69, 9.17) is 4.74 Å². The minimum absolute atomic E-state index is 0.0672. The summed E-state index contributed by atoms with van der Waals surface area (Å²) in [4.78, 5) is 14.0. The van der Waals surface area contributed by atoms with Crippen LogP contribution >= 0.6 is 0 Å². The van der Waals surface area contributed by atoms with E-state index in [9.17, 15) is 22.4 Å². The molecule has 0 amide bonds. The molecule has 0 spiro atoms. The van der Waals surface area contributed by atoms with Crippen LogP contribution in [0.25, 0.3) is 0 Å². The number of likely N-dealkylation sites (tertiary alicyclic amines) is 1. The van der Waals surface area contributed by atoms with E-state index in [1.54, 1.807) is 12.1 Å². The van der Waals surface area contributed by atoms with E-state index in [2.05, 4.69) is 10.00 Å². The third-order valence-electron chi connectivity index (χ3n) is 4.92. The molecular weight excluding hydrogens is 378 g/mol. The van der Waals surface area contributed by atoms with Gasteiger partial charge in [0.15, 0.2) is 17.3 Å². The van der Waals surface area contributed by atoms with Gasteiger partial charge in [-0.05, 0) is 55.6 Å². The van der Waals surface area contributed by atoms with Crippen LogP contribution in [-0.2, 0) is 19.3 Å². The molecule has 2 heterocycles. The maximum atomic E-state index is 13.8. The Balaban J connectivity index is 1.57. The molecule has 0 radical (unpaired) electrons. The van der Waals surface area contributed by atoms with E-state index >= 15 is 0 Å². The molecule has 9 heteroatoms. The molecule has 0 saturated carbocycles. The lowest BCUT2D eigenvalue weighted by Crippen LogP contribution is -2.36. The van der Waals surface area contributed by atoms with Crippen LogP contribution in [0.4, 0.5) is 17.6 Å². The van der Waals surface area contributed by atoms with Crippen LogP contribution in [0, 0.1) is 11.7 Å². The number of ether oxygens (including phenoxy) is 1. The summed E-state index contributed by atoms with van der Waals surface area (Å²) in [5.74, 6) is -0.149. The molecule has 0 unspecified atom stereocenters. The van der Waals surface area contributed by atoms with Crippen LogP contribution in [0.2, 0.25) is 0 Å². The molecule has 1 aromatic carbocycles. The first-order valence-corrected chi connectivity index (χ1v) is 8.96. The highest BCUT2D eigenvalue weighted by atomic mass is 19.4. The molecule has 1 aliphatic heterocycles. The van der Waals surface area contributed by atoms with Crippen LogP contribution in [0.3, 0.4) is 0 Å². The van der Waals surface area contributed by atoms with Crippen LogP contribution in [0.15, 0.2) is 35.1 Å². The lowest BCUT2D eigenvalue weighted by Gasteiger charge is -2.32. The van der Waals surface area contributed by atoms with Gasteiger partial charge in [-0.3, -0.25) is 9.69 Å². The molecule has 0 bridgehead atoms. The molecule has 28 heavy (non-hydrogen) atoms. The third kappa shape index (κ3) is 4.89. The van der Waals surface area contributed by atoms with Gasteiger partial charge < -0.3 is 4.74 Å². The molecule has 1 saturated heterocycles. The standard InChI is InChI=1S/C19H21F4N3O2/c1-28-16-3-2-14(10-15(16)20)11-25-8-6-13(7-9-25)12-26-18(27)5-4-17(24-26)19(21,22)23/h2-5,10,13H,6-9,11-12H2,1H3. The van der Waals surface area contributed by atoms with Crippen molar-refractivity contribution in [1.82, 2.24) is 14.7 Å². The van der Waals surface area contributed by atoms with Gasteiger partial charge in [-0.1, -0.05) is 6.07 Å². The molecular formula is C19H21F4N3O2. The van der Waals surface area contributed by atoms with Crippen molar-refractivity contribution in [2.45, 2.75) is 32.1 Å². The summed E-state index contributed by atoms with van der Waals surface area (Å²) in [6.45, 7) is 2.17. The number of methoxy groups -OCH3 is 1. The molecule has 1 fully saturated rings. The predicted octanol–water partition coefficient (Wildman–Crippen LogP) is 3.32. The van der Waals surface area contributed by atoms with E-state index in [1.807, 2.05) is 0 Å². The minimum Gasteiger partial charge on any atom is -0.494 e. The van der Waals surface area contributed by atoms with E-state index in [0.29, 0.717) is 25.7 Å². The Morgan fingerprint density at radius 2 is 1.89 bits per heavy atom. The first-order chi connectivity index (χ1) is 13.3. The SMILES string of the molecule is COc1ccc(CN2CCC(Cn3nc(C(F)(F)F)ccc3=O)CC2)cc1F. The van der Waals surface area contributed by atoms with Crippen molar-refractivity contribution in [2.75, 3.05) is 20.2 Å². The highest BCUT2D eigenvalue weighted by molar-refractivity contribution is 5.29. The molecule has 1 aromatic heterocycles. The topological polar surface area (TPSA) is 47.4 Å². The average molecular weight is 399 g/mol. The van der Waals surface area contributed by atoms with Gasteiger partial charge in [0.1, 0.15) is 0 Å². The molecule has 5 nitrogen and oxygen atoms in total. The Kier molecular flexibility index (Phi) is 6.02. The van der Waals surface area contributed by atoms with Crippen LogP contribution in [-0.4, -0.2) is 34.9 Å². The van der Waals surface area contributed by atoms with Gasteiger partial charge in [-0.25, -0.2) is 9.07 Å². The van der Waals surface area contributed by atoms with Crippen molar-refractivity contribution in [3.8, 4) is 5.75 Å². The number of piperidine rings is 1. The van der Waals surface area contributed by atoms with Gasteiger partial charge in [0.2, 0.25) is 0 Å². The number of rotatable bonds is 5. The van der Waals surface area contributed by atoms with E-state index < -0.39 is 23.2 Å². The number of alkyl halides is 3. The zero-order valence-corrected chi connectivity index (χ0v) is 15.4. The number of nitrogens with zero attached hydrogens (tertiary/aromatic N) is 3. The second-order valence-corrected chi connectivity index (χ2v) is 6.93. The summed E-state index contributed by atoms with van der Waals surface area (Å²) >= 11 is 0. The van der Waals surface area contributed by atoms with Gasteiger partial charge in [0, 0.05) is 19.2 Å². The van der Waals surface area contributed by atoms with E-state index in [0.717, 1.165) is 29.2 Å². The maximum absolute atomic E-state index is 13.8. The Bertz CT molecular complexity index is 874. The van der Waals surface area contributed by atoms with Crippen molar-refractivity contribution in [3.63, 3.8) is 0 Å². The fraction of sp³-hybridized carbons (Fsp3) is 0.474. The predicted molar refractivity (Wildman–Crippen MR) is 94.5 cm³/mol. The summed E-state index contributed by atoms with van der Waals surface area (Å²) in [5.41, 5.74) is -0.775. The maximum Gasteiger partial charge on any atom is 0.435 e. The van der Waals surface area contributed by atoms with Crippen LogP contribution in [0.1, 0.15) is 24.1 Å². The highest BCUT2D eigenvalue weighted by Crippen LogP contribution is 2.27. The number of hydrogen-bond donors (Lipinski definition) is 0. The zero-order valence-electron chi connectivity index (χ0n) is 15.4. The molecule has 152 valence electrons. The molecule has 0 aliphatic carbocycles. The fourth-order valence-corrected chi connectivity index (χ4v) is 3.37. The molecule has 0 N–H and O–H groups in total. The summed E-state index contributed by atoms with van der Waals surface area (Å²) in [6, 6.07) is 6.44. The molecule has 2 aromatic rings. The van der Waals surface area contributed by atoms with Gasteiger partial charge in [-0.2, -0.15) is 18.3 Å². The van der Waals surface area contributed by atoms with Crippen LogP contribution in [0.5, 0.6) is 5.75 Å². The zero-order chi connectivity index (χ0) is 20.3. The molecule has 3 rings (SSSR count). The Hall–Kier alpha value is -2.42. The highest BCUT2D eigenvalue weighted by Gasteiger charge is 2.33. The second-order valence-electron chi connectivity index (χ2n) is 6.93.